The highest BCUT2D eigenvalue weighted by Gasteiger charge is 2.16. The van der Waals surface area contributed by atoms with E-state index in [2.05, 4.69) is 15.4 Å². The molecule has 0 radical (unpaired) electrons. The summed E-state index contributed by atoms with van der Waals surface area (Å²) in [7, 11) is 3.03. The quantitative estimate of drug-likeness (QED) is 0.763. The Kier molecular flexibility index (Phi) is 4.88. The van der Waals surface area contributed by atoms with Crippen LogP contribution in [0.15, 0.2) is 42.6 Å². The number of para-hydroxylation sites is 1. The minimum atomic E-state index is -0.304. The fourth-order valence-electron chi connectivity index (χ4n) is 2.71. The van der Waals surface area contributed by atoms with E-state index in [0.717, 1.165) is 11.4 Å². The summed E-state index contributed by atoms with van der Waals surface area (Å²) >= 11 is 0. The number of hydrogen-bond donors (Lipinski definition) is 1. The molecule has 0 saturated heterocycles. The predicted molar refractivity (Wildman–Crippen MR) is 98.3 cm³/mol. The molecule has 0 spiro atoms. The standard InChI is InChI=1S/C19H20N4O3/c1-12-10-13(2)23(22-12)17-9-8-14(11-20-17)21-19(24)15-6-5-7-16(25-3)18(15)26-4/h5-11H,1-4H3,(H,21,24). The Morgan fingerprint density at radius 2 is 1.92 bits per heavy atom. The highest BCUT2D eigenvalue weighted by Crippen LogP contribution is 2.31. The van der Waals surface area contributed by atoms with Crippen LogP contribution in [0.3, 0.4) is 0 Å². The molecule has 0 aliphatic carbocycles. The molecule has 1 N–H and O–H groups in total. The Morgan fingerprint density at radius 1 is 1.12 bits per heavy atom. The van der Waals surface area contributed by atoms with Gasteiger partial charge in [-0.1, -0.05) is 6.07 Å². The number of nitrogens with zero attached hydrogens (tertiary/aromatic N) is 3. The van der Waals surface area contributed by atoms with Crippen molar-refractivity contribution in [2.75, 3.05) is 19.5 Å². The summed E-state index contributed by atoms with van der Waals surface area (Å²) in [5.41, 5.74) is 2.87. The summed E-state index contributed by atoms with van der Waals surface area (Å²) in [6, 6.07) is 10.7. The number of rotatable bonds is 5. The Labute approximate surface area is 151 Å². The smallest absolute Gasteiger partial charge is 0.259 e. The number of aromatic nitrogens is 3. The Morgan fingerprint density at radius 3 is 2.50 bits per heavy atom. The van der Waals surface area contributed by atoms with Gasteiger partial charge < -0.3 is 14.8 Å². The minimum absolute atomic E-state index is 0.304. The highest BCUT2D eigenvalue weighted by molar-refractivity contribution is 6.06. The van der Waals surface area contributed by atoms with E-state index >= 15 is 0 Å². The molecular formula is C19H20N4O3. The van der Waals surface area contributed by atoms with Crippen LogP contribution in [-0.4, -0.2) is 34.9 Å². The van der Waals surface area contributed by atoms with Crippen LogP contribution < -0.4 is 14.8 Å². The van der Waals surface area contributed by atoms with Gasteiger partial charge in [0.25, 0.3) is 5.91 Å². The van der Waals surface area contributed by atoms with Crippen LogP contribution in [0.2, 0.25) is 0 Å². The molecule has 0 bridgehead atoms. The third kappa shape index (κ3) is 3.37. The van der Waals surface area contributed by atoms with Crippen molar-refractivity contribution in [1.29, 1.82) is 0 Å². The number of amides is 1. The number of aryl methyl sites for hydroxylation is 2. The molecule has 0 saturated carbocycles. The van der Waals surface area contributed by atoms with Crippen molar-refractivity contribution in [3.8, 4) is 17.3 Å². The summed E-state index contributed by atoms with van der Waals surface area (Å²) in [6.07, 6.45) is 1.59. The Balaban J connectivity index is 1.81. The molecule has 0 atom stereocenters. The van der Waals surface area contributed by atoms with E-state index in [4.69, 9.17) is 9.47 Å². The van der Waals surface area contributed by atoms with Gasteiger partial charge in [0, 0.05) is 5.69 Å². The first kappa shape index (κ1) is 17.5. The molecule has 0 aliphatic rings. The normalized spacial score (nSPS) is 10.5. The third-order valence-electron chi connectivity index (χ3n) is 3.88. The van der Waals surface area contributed by atoms with E-state index in [-0.39, 0.29) is 5.91 Å². The first-order valence-corrected chi connectivity index (χ1v) is 8.05. The zero-order valence-corrected chi connectivity index (χ0v) is 15.1. The van der Waals surface area contributed by atoms with Crippen molar-refractivity contribution in [2.24, 2.45) is 0 Å². The van der Waals surface area contributed by atoms with Gasteiger partial charge in [0.15, 0.2) is 17.3 Å². The van der Waals surface area contributed by atoms with Gasteiger partial charge in [-0.25, -0.2) is 9.67 Å². The number of pyridine rings is 1. The molecule has 0 aliphatic heterocycles. The number of carbonyl (C=O) groups is 1. The molecule has 1 aromatic carbocycles. The van der Waals surface area contributed by atoms with Crippen molar-refractivity contribution in [3.63, 3.8) is 0 Å². The van der Waals surface area contributed by atoms with Gasteiger partial charge in [-0.15, -0.1) is 0 Å². The molecule has 26 heavy (non-hydrogen) atoms. The molecule has 7 heteroatoms. The molecular weight excluding hydrogens is 332 g/mol. The maximum atomic E-state index is 12.6. The van der Waals surface area contributed by atoms with Gasteiger partial charge in [-0.3, -0.25) is 4.79 Å². The molecule has 1 amide bonds. The lowest BCUT2D eigenvalue weighted by molar-refractivity contribution is 0.102. The van der Waals surface area contributed by atoms with Crippen LogP contribution in [0.1, 0.15) is 21.7 Å². The van der Waals surface area contributed by atoms with Crippen molar-refractivity contribution in [2.45, 2.75) is 13.8 Å². The number of carbonyl (C=O) groups excluding carboxylic acids is 1. The van der Waals surface area contributed by atoms with Gasteiger partial charge in [0.2, 0.25) is 0 Å². The molecule has 134 valence electrons. The van der Waals surface area contributed by atoms with Gasteiger partial charge in [0.05, 0.1) is 37.4 Å². The van der Waals surface area contributed by atoms with Crippen molar-refractivity contribution >= 4 is 11.6 Å². The van der Waals surface area contributed by atoms with Gasteiger partial charge in [-0.2, -0.15) is 5.10 Å². The monoisotopic (exact) mass is 352 g/mol. The molecule has 7 nitrogen and oxygen atoms in total. The minimum Gasteiger partial charge on any atom is -0.493 e. The molecule has 3 rings (SSSR count). The zero-order valence-electron chi connectivity index (χ0n) is 15.1. The summed E-state index contributed by atoms with van der Waals surface area (Å²) in [5.74, 6) is 1.27. The van der Waals surface area contributed by atoms with E-state index in [9.17, 15) is 4.79 Å². The van der Waals surface area contributed by atoms with E-state index in [1.165, 1.54) is 14.2 Å². The number of nitrogens with one attached hydrogen (secondary N) is 1. The van der Waals surface area contributed by atoms with E-state index in [1.807, 2.05) is 19.9 Å². The number of benzene rings is 1. The largest absolute Gasteiger partial charge is 0.493 e. The van der Waals surface area contributed by atoms with Gasteiger partial charge in [0.1, 0.15) is 0 Å². The van der Waals surface area contributed by atoms with Crippen LogP contribution in [0.25, 0.3) is 5.82 Å². The van der Waals surface area contributed by atoms with Crippen molar-refractivity contribution < 1.29 is 14.3 Å². The topological polar surface area (TPSA) is 78.3 Å². The molecule has 3 aromatic rings. The average Bonchev–Trinajstić information content (AvgIpc) is 2.99. The van der Waals surface area contributed by atoms with Crippen LogP contribution >= 0.6 is 0 Å². The number of hydrogen-bond acceptors (Lipinski definition) is 5. The SMILES string of the molecule is COc1cccc(C(=O)Nc2ccc(-n3nc(C)cc3C)nc2)c1OC. The van der Waals surface area contributed by atoms with E-state index < -0.39 is 0 Å². The van der Waals surface area contributed by atoms with Gasteiger partial charge >= 0.3 is 0 Å². The maximum absolute atomic E-state index is 12.6. The number of anilines is 1. The van der Waals surface area contributed by atoms with Crippen molar-refractivity contribution in [1.82, 2.24) is 14.8 Å². The number of methoxy groups -OCH3 is 2. The summed E-state index contributed by atoms with van der Waals surface area (Å²) in [6.45, 7) is 3.89. The second kappa shape index (κ2) is 7.26. The summed E-state index contributed by atoms with van der Waals surface area (Å²) < 4.78 is 12.3. The lowest BCUT2D eigenvalue weighted by Crippen LogP contribution is -2.14. The average molecular weight is 352 g/mol. The van der Waals surface area contributed by atoms with Crippen LogP contribution in [0.4, 0.5) is 5.69 Å². The van der Waals surface area contributed by atoms with E-state index in [1.54, 1.807) is 41.2 Å². The van der Waals surface area contributed by atoms with E-state index in [0.29, 0.717) is 28.6 Å². The molecule has 0 unspecified atom stereocenters. The lowest BCUT2D eigenvalue weighted by atomic mass is 10.1. The third-order valence-corrected chi connectivity index (χ3v) is 3.88. The summed E-state index contributed by atoms with van der Waals surface area (Å²) in [4.78, 5) is 17.0. The van der Waals surface area contributed by atoms with Crippen LogP contribution in [-0.2, 0) is 0 Å². The molecule has 0 fully saturated rings. The fraction of sp³-hybridized carbons (Fsp3) is 0.211. The Bertz CT molecular complexity index is 932. The first-order chi connectivity index (χ1) is 12.5. The lowest BCUT2D eigenvalue weighted by Gasteiger charge is -2.12. The second-order valence-electron chi connectivity index (χ2n) is 5.74. The first-order valence-electron chi connectivity index (χ1n) is 8.05. The highest BCUT2D eigenvalue weighted by atomic mass is 16.5. The predicted octanol–water partition coefficient (Wildman–Crippen LogP) is 3.15. The maximum Gasteiger partial charge on any atom is 0.259 e. The van der Waals surface area contributed by atoms with Crippen molar-refractivity contribution in [3.05, 3.63) is 59.5 Å². The molecule has 2 heterocycles. The molecule has 2 aromatic heterocycles. The van der Waals surface area contributed by atoms with Gasteiger partial charge in [-0.05, 0) is 44.2 Å². The second-order valence-corrected chi connectivity index (χ2v) is 5.74. The zero-order chi connectivity index (χ0) is 18.7. The number of ether oxygens (including phenoxy) is 2. The fourth-order valence-corrected chi connectivity index (χ4v) is 2.71. The van der Waals surface area contributed by atoms with Crippen LogP contribution in [0, 0.1) is 13.8 Å². The summed E-state index contributed by atoms with van der Waals surface area (Å²) in [5, 5.41) is 7.21. The van der Waals surface area contributed by atoms with Crippen LogP contribution in [0.5, 0.6) is 11.5 Å². The Hall–Kier alpha value is -3.35.